The van der Waals surface area contributed by atoms with Crippen LogP contribution in [0.2, 0.25) is 0 Å². The van der Waals surface area contributed by atoms with Gasteiger partial charge in [0.15, 0.2) is 0 Å². The molecule has 1 fully saturated rings. The highest BCUT2D eigenvalue weighted by molar-refractivity contribution is 4.90. The first-order valence-corrected chi connectivity index (χ1v) is 5.93. The summed E-state index contributed by atoms with van der Waals surface area (Å²) < 4.78 is 0. The van der Waals surface area contributed by atoms with E-state index in [0.29, 0.717) is 24.5 Å². The van der Waals surface area contributed by atoms with Crippen LogP contribution in [0.5, 0.6) is 0 Å². The molecule has 1 saturated heterocycles. The zero-order valence-electron chi connectivity index (χ0n) is 10.4. The average Bonchev–Trinajstić information content (AvgIpc) is 2.17. The van der Waals surface area contributed by atoms with Crippen LogP contribution in [-0.4, -0.2) is 47.6 Å². The van der Waals surface area contributed by atoms with E-state index in [-0.39, 0.29) is 0 Å². The minimum Gasteiger partial charge on any atom is -0.298 e. The highest BCUT2D eigenvalue weighted by Gasteiger charge is 2.29. The van der Waals surface area contributed by atoms with Gasteiger partial charge >= 0.3 is 0 Å². The molecule has 1 heterocycles. The van der Waals surface area contributed by atoms with Crippen LogP contribution in [-0.2, 0) is 0 Å². The van der Waals surface area contributed by atoms with Crippen LogP contribution in [0.3, 0.4) is 0 Å². The Balaban J connectivity index is 2.61. The Morgan fingerprint density at radius 2 is 1.87 bits per heavy atom. The fraction of sp³-hybridized carbons (Fsp3) is 0.917. The van der Waals surface area contributed by atoms with Crippen LogP contribution >= 0.6 is 0 Å². The maximum absolute atomic E-state index is 8.85. The van der Waals surface area contributed by atoms with Gasteiger partial charge in [-0.1, -0.05) is 0 Å². The smallest absolute Gasteiger partial charge is 0.0638 e. The average molecular weight is 209 g/mol. The molecule has 0 spiro atoms. The molecule has 1 rings (SSSR count). The van der Waals surface area contributed by atoms with Crippen molar-refractivity contribution in [1.82, 2.24) is 9.80 Å². The van der Waals surface area contributed by atoms with E-state index < -0.39 is 0 Å². The van der Waals surface area contributed by atoms with Crippen molar-refractivity contribution in [2.75, 3.05) is 19.6 Å². The van der Waals surface area contributed by atoms with Crippen LogP contribution in [0, 0.1) is 11.3 Å². The molecule has 0 aromatic carbocycles. The predicted molar refractivity (Wildman–Crippen MR) is 62.6 cm³/mol. The minimum absolute atomic E-state index is 0.422. The van der Waals surface area contributed by atoms with Gasteiger partial charge in [0.2, 0.25) is 0 Å². The van der Waals surface area contributed by atoms with Crippen LogP contribution in [0.25, 0.3) is 0 Å². The van der Waals surface area contributed by atoms with E-state index >= 15 is 0 Å². The van der Waals surface area contributed by atoms with Gasteiger partial charge in [0.25, 0.3) is 0 Å². The minimum atomic E-state index is 0.422. The molecule has 0 unspecified atom stereocenters. The lowest BCUT2D eigenvalue weighted by molar-refractivity contribution is 0.0385. The monoisotopic (exact) mass is 209 g/mol. The van der Waals surface area contributed by atoms with Gasteiger partial charge in [-0.05, 0) is 27.7 Å². The molecule has 1 atom stereocenters. The molecule has 1 aliphatic rings. The number of rotatable bonds is 3. The third-order valence-electron chi connectivity index (χ3n) is 3.28. The highest BCUT2D eigenvalue weighted by atomic mass is 15.3. The molecular weight excluding hydrogens is 186 g/mol. The Morgan fingerprint density at radius 3 is 2.33 bits per heavy atom. The first-order valence-electron chi connectivity index (χ1n) is 5.93. The number of hydrogen-bond donors (Lipinski definition) is 0. The lowest BCUT2D eigenvalue weighted by Crippen LogP contribution is -2.56. The second-order valence-corrected chi connectivity index (χ2v) is 4.94. The summed E-state index contributed by atoms with van der Waals surface area (Å²) in [7, 11) is 0. The van der Waals surface area contributed by atoms with E-state index in [1.807, 2.05) is 0 Å². The normalized spacial score (nSPS) is 24.7. The molecule has 1 aliphatic heterocycles. The summed E-state index contributed by atoms with van der Waals surface area (Å²) in [6.45, 7) is 12.2. The van der Waals surface area contributed by atoms with Crippen LogP contribution < -0.4 is 0 Å². The summed E-state index contributed by atoms with van der Waals surface area (Å²) in [6.07, 6.45) is 0.654. The van der Waals surface area contributed by atoms with E-state index in [4.69, 9.17) is 5.26 Å². The maximum atomic E-state index is 8.85. The van der Waals surface area contributed by atoms with Gasteiger partial charge in [0.1, 0.15) is 0 Å². The van der Waals surface area contributed by atoms with E-state index in [1.165, 1.54) is 0 Å². The van der Waals surface area contributed by atoms with Crippen molar-refractivity contribution >= 4 is 0 Å². The molecule has 0 saturated carbocycles. The third-order valence-corrected chi connectivity index (χ3v) is 3.28. The Bertz CT molecular complexity index is 230. The zero-order chi connectivity index (χ0) is 11.4. The van der Waals surface area contributed by atoms with Gasteiger partial charge in [-0.2, -0.15) is 5.26 Å². The fourth-order valence-electron chi connectivity index (χ4n) is 2.33. The van der Waals surface area contributed by atoms with Crippen molar-refractivity contribution in [3.63, 3.8) is 0 Å². The molecule has 0 radical (unpaired) electrons. The molecule has 0 amide bonds. The van der Waals surface area contributed by atoms with Crippen molar-refractivity contribution in [1.29, 1.82) is 5.26 Å². The fourth-order valence-corrected chi connectivity index (χ4v) is 2.33. The van der Waals surface area contributed by atoms with Crippen molar-refractivity contribution in [3.05, 3.63) is 0 Å². The molecule has 86 valence electrons. The van der Waals surface area contributed by atoms with Gasteiger partial charge in [0, 0.05) is 37.8 Å². The van der Waals surface area contributed by atoms with Gasteiger partial charge < -0.3 is 0 Å². The maximum Gasteiger partial charge on any atom is 0.0638 e. The van der Waals surface area contributed by atoms with Gasteiger partial charge in [-0.15, -0.1) is 0 Å². The number of piperazine rings is 1. The summed E-state index contributed by atoms with van der Waals surface area (Å²) >= 11 is 0. The SMILES string of the molecule is CC(C)N1CCN(C(C)C)[C@H](CC#N)C1. The summed E-state index contributed by atoms with van der Waals surface area (Å²) in [6, 6.07) is 3.89. The second-order valence-electron chi connectivity index (χ2n) is 4.94. The predicted octanol–water partition coefficient (Wildman–Crippen LogP) is 1.70. The standard InChI is InChI=1S/C12H23N3/c1-10(2)14-7-8-15(11(3)4)12(9-14)5-6-13/h10-12H,5,7-9H2,1-4H3/t12-/m1/s1. The van der Waals surface area contributed by atoms with E-state index in [9.17, 15) is 0 Å². The van der Waals surface area contributed by atoms with Crippen molar-refractivity contribution < 1.29 is 0 Å². The molecular formula is C12H23N3. The van der Waals surface area contributed by atoms with Crippen LogP contribution in [0.1, 0.15) is 34.1 Å². The van der Waals surface area contributed by atoms with E-state index in [0.717, 1.165) is 19.6 Å². The zero-order valence-corrected chi connectivity index (χ0v) is 10.4. The molecule has 15 heavy (non-hydrogen) atoms. The Kier molecular flexibility index (Phi) is 4.56. The van der Waals surface area contributed by atoms with Crippen molar-refractivity contribution in [3.8, 4) is 6.07 Å². The lowest BCUT2D eigenvalue weighted by atomic mass is 10.1. The first-order chi connectivity index (χ1) is 7.06. The quantitative estimate of drug-likeness (QED) is 0.709. The molecule has 0 aromatic heterocycles. The molecule has 3 nitrogen and oxygen atoms in total. The van der Waals surface area contributed by atoms with Gasteiger partial charge in [-0.3, -0.25) is 9.80 Å². The number of nitrogens with zero attached hydrogens (tertiary/aromatic N) is 3. The largest absolute Gasteiger partial charge is 0.298 e. The number of hydrogen-bond acceptors (Lipinski definition) is 3. The summed E-state index contributed by atoms with van der Waals surface area (Å²) in [5, 5.41) is 8.85. The summed E-state index contributed by atoms with van der Waals surface area (Å²) in [5.74, 6) is 0. The van der Waals surface area contributed by atoms with Gasteiger partial charge in [0.05, 0.1) is 12.5 Å². The molecule has 0 bridgehead atoms. The first kappa shape index (κ1) is 12.5. The summed E-state index contributed by atoms with van der Waals surface area (Å²) in [5.41, 5.74) is 0. The second kappa shape index (κ2) is 5.48. The van der Waals surface area contributed by atoms with E-state index in [1.54, 1.807) is 0 Å². The Hall–Kier alpha value is -0.590. The van der Waals surface area contributed by atoms with Crippen molar-refractivity contribution in [2.24, 2.45) is 0 Å². The summed E-state index contributed by atoms with van der Waals surface area (Å²) in [4.78, 5) is 4.93. The van der Waals surface area contributed by atoms with Crippen LogP contribution in [0.4, 0.5) is 0 Å². The molecule has 0 aliphatic carbocycles. The van der Waals surface area contributed by atoms with E-state index in [2.05, 4.69) is 43.6 Å². The molecule has 0 aromatic rings. The Labute approximate surface area is 93.7 Å². The lowest BCUT2D eigenvalue weighted by Gasteiger charge is -2.44. The number of nitriles is 1. The third kappa shape index (κ3) is 3.19. The van der Waals surface area contributed by atoms with Gasteiger partial charge in [-0.25, -0.2) is 0 Å². The van der Waals surface area contributed by atoms with Crippen molar-refractivity contribution in [2.45, 2.75) is 52.2 Å². The molecule has 0 N–H and O–H groups in total. The Morgan fingerprint density at radius 1 is 1.20 bits per heavy atom. The molecule has 3 heteroatoms. The van der Waals surface area contributed by atoms with Crippen LogP contribution in [0.15, 0.2) is 0 Å². The highest BCUT2D eigenvalue weighted by Crippen LogP contribution is 2.17. The topological polar surface area (TPSA) is 30.3 Å².